The van der Waals surface area contributed by atoms with E-state index in [4.69, 9.17) is 5.73 Å². The third-order valence-electron chi connectivity index (χ3n) is 5.54. The highest BCUT2D eigenvalue weighted by atomic mass is 16.4. The molecule has 0 spiro atoms. The predicted octanol–water partition coefficient (Wildman–Crippen LogP) is 0.562. The molecule has 2 aromatic rings. The molecule has 2 aromatic carbocycles. The Morgan fingerprint density at radius 3 is 2.57 bits per heavy atom. The van der Waals surface area contributed by atoms with Gasteiger partial charge in [-0.1, -0.05) is 36.4 Å². The summed E-state index contributed by atoms with van der Waals surface area (Å²) in [5.41, 5.74) is 8.80. The van der Waals surface area contributed by atoms with E-state index in [9.17, 15) is 14.8 Å². The van der Waals surface area contributed by atoms with Crippen LogP contribution in [0.1, 0.15) is 34.3 Å². The van der Waals surface area contributed by atoms with E-state index in [0.717, 1.165) is 24.0 Å². The van der Waals surface area contributed by atoms with Gasteiger partial charge in [-0.25, -0.2) is 0 Å². The summed E-state index contributed by atoms with van der Waals surface area (Å²) in [6, 6.07) is 15.3. The van der Waals surface area contributed by atoms with E-state index in [1.165, 1.54) is 0 Å². The fraction of sp³-hybridized carbons (Fsp3) is 0.381. The lowest BCUT2D eigenvalue weighted by atomic mass is 9.77. The minimum Gasteiger partial charge on any atom is -0.423 e. The lowest BCUT2D eigenvalue weighted by Crippen LogP contribution is -2.46. The molecule has 1 aliphatic heterocycles. The summed E-state index contributed by atoms with van der Waals surface area (Å²) in [4.78, 5) is 16.9. The van der Waals surface area contributed by atoms with Crippen LogP contribution in [0.3, 0.4) is 0 Å². The molecule has 1 aliphatic rings. The first-order valence-electron chi connectivity index (χ1n) is 9.72. The number of amides is 1. The van der Waals surface area contributed by atoms with Crippen molar-refractivity contribution < 1.29 is 14.8 Å². The van der Waals surface area contributed by atoms with Crippen molar-refractivity contribution in [2.24, 2.45) is 5.73 Å². The molecule has 1 saturated heterocycles. The van der Waals surface area contributed by atoms with Crippen molar-refractivity contribution in [2.75, 3.05) is 20.1 Å². The highest BCUT2D eigenvalue weighted by Gasteiger charge is 2.27. The van der Waals surface area contributed by atoms with Crippen molar-refractivity contribution >= 4 is 18.5 Å². The van der Waals surface area contributed by atoms with Gasteiger partial charge < -0.3 is 20.7 Å². The van der Waals surface area contributed by atoms with Crippen LogP contribution in [-0.2, 0) is 13.1 Å². The first-order chi connectivity index (χ1) is 13.5. The maximum Gasteiger partial charge on any atom is 0.488 e. The van der Waals surface area contributed by atoms with Gasteiger partial charge in [0, 0.05) is 37.8 Å². The summed E-state index contributed by atoms with van der Waals surface area (Å²) in [5.74, 6) is 0.0603. The zero-order valence-corrected chi connectivity index (χ0v) is 16.3. The van der Waals surface area contributed by atoms with E-state index in [0.29, 0.717) is 43.2 Å². The van der Waals surface area contributed by atoms with Crippen LogP contribution in [0.4, 0.5) is 0 Å². The Labute approximate surface area is 166 Å². The Kier molecular flexibility index (Phi) is 6.85. The van der Waals surface area contributed by atoms with Gasteiger partial charge in [0.2, 0.25) is 0 Å². The average molecular weight is 381 g/mol. The Morgan fingerprint density at radius 2 is 1.89 bits per heavy atom. The van der Waals surface area contributed by atoms with Crippen LogP contribution in [0.15, 0.2) is 48.5 Å². The fourth-order valence-electron chi connectivity index (χ4n) is 3.85. The zero-order valence-electron chi connectivity index (χ0n) is 16.3. The molecule has 1 amide bonds. The van der Waals surface area contributed by atoms with E-state index < -0.39 is 7.12 Å². The number of hydrogen-bond acceptors (Lipinski definition) is 5. The number of piperidine rings is 1. The quantitative estimate of drug-likeness (QED) is 0.637. The summed E-state index contributed by atoms with van der Waals surface area (Å²) in [5, 5.41) is 19.1. The number of hydrogen-bond donors (Lipinski definition) is 3. The maximum atomic E-state index is 12.8. The SMILES string of the molecule is CN(Cc1ccccc1B(O)O)C1CCN(C(=O)c2cccc(CN)c2)CC1. The third kappa shape index (κ3) is 4.80. The van der Waals surface area contributed by atoms with E-state index in [-0.39, 0.29) is 5.91 Å². The molecule has 7 heteroatoms. The number of carbonyl (C=O) groups is 1. The molecule has 3 rings (SSSR count). The summed E-state index contributed by atoms with van der Waals surface area (Å²) in [7, 11) is 0.585. The van der Waals surface area contributed by atoms with Crippen LogP contribution in [0.2, 0.25) is 0 Å². The molecule has 0 radical (unpaired) electrons. The standard InChI is InChI=1S/C21H28BN3O3/c1-24(15-18-6-2-3-8-20(18)22(27)28)19-9-11-25(12-10-19)21(26)17-7-4-5-16(13-17)14-23/h2-8,13,19,27-28H,9-12,14-15,23H2,1H3. The molecule has 0 saturated carbocycles. The fourth-order valence-corrected chi connectivity index (χ4v) is 3.85. The number of likely N-dealkylation sites (tertiary alicyclic amines) is 1. The van der Waals surface area contributed by atoms with E-state index in [1.54, 1.807) is 6.07 Å². The van der Waals surface area contributed by atoms with Crippen molar-refractivity contribution in [3.63, 3.8) is 0 Å². The van der Waals surface area contributed by atoms with Gasteiger partial charge in [0.05, 0.1) is 0 Å². The van der Waals surface area contributed by atoms with Gasteiger partial charge in [-0.15, -0.1) is 0 Å². The summed E-state index contributed by atoms with van der Waals surface area (Å²) in [6.07, 6.45) is 1.78. The molecule has 0 aliphatic carbocycles. The largest absolute Gasteiger partial charge is 0.488 e. The molecule has 4 N–H and O–H groups in total. The van der Waals surface area contributed by atoms with Crippen molar-refractivity contribution in [1.29, 1.82) is 0 Å². The van der Waals surface area contributed by atoms with Gasteiger partial charge in [-0.3, -0.25) is 9.69 Å². The molecule has 28 heavy (non-hydrogen) atoms. The lowest BCUT2D eigenvalue weighted by Gasteiger charge is -2.37. The van der Waals surface area contributed by atoms with Crippen LogP contribution < -0.4 is 11.2 Å². The van der Waals surface area contributed by atoms with E-state index in [1.807, 2.05) is 54.4 Å². The summed E-state index contributed by atoms with van der Waals surface area (Å²) in [6.45, 7) is 2.50. The van der Waals surface area contributed by atoms with Gasteiger partial charge >= 0.3 is 7.12 Å². The van der Waals surface area contributed by atoms with Crippen molar-refractivity contribution in [3.8, 4) is 0 Å². The van der Waals surface area contributed by atoms with Gasteiger partial charge in [0.1, 0.15) is 0 Å². The first kappa shape index (κ1) is 20.5. The van der Waals surface area contributed by atoms with Gasteiger partial charge in [-0.2, -0.15) is 0 Å². The topological polar surface area (TPSA) is 90.0 Å². The third-order valence-corrected chi connectivity index (χ3v) is 5.54. The maximum absolute atomic E-state index is 12.8. The van der Waals surface area contributed by atoms with E-state index in [2.05, 4.69) is 4.90 Å². The van der Waals surface area contributed by atoms with Crippen molar-refractivity contribution in [2.45, 2.75) is 32.0 Å². The summed E-state index contributed by atoms with van der Waals surface area (Å²) >= 11 is 0. The second-order valence-electron chi connectivity index (χ2n) is 7.42. The molecule has 0 bridgehead atoms. The second kappa shape index (κ2) is 9.34. The molecule has 0 aromatic heterocycles. The monoisotopic (exact) mass is 381 g/mol. The Balaban J connectivity index is 1.58. The smallest absolute Gasteiger partial charge is 0.423 e. The zero-order chi connectivity index (χ0) is 20.1. The number of nitrogens with two attached hydrogens (primary N) is 1. The van der Waals surface area contributed by atoms with Crippen molar-refractivity contribution in [3.05, 3.63) is 65.2 Å². The van der Waals surface area contributed by atoms with Crippen LogP contribution in [0.5, 0.6) is 0 Å². The predicted molar refractivity (Wildman–Crippen MR) is 111 cm³/mol. The minimum atomic E-state index is -1.46. The molecular weight excluding hydrogens is 353 g/mol. The number of carbonyl (C=O) groups excluding carboxylic acids is 1. The molecular formula is C21H28BN3O3. The van der Waals surface area contributed by atoms with Gasteiger partial charge in [-0.05, 0) is 48.6 Å². The molecule has 148 valence electrons. The lowest BCUT2D eigenvalue weighted by molar-refractivity contribution is 0.0639. The normalized spacial score (nSPS) is 15.1. The Hall–Kier alpha value is -2.19. The van der Waals surface area contributed by atoms with Gasteiger partial charge in [0.25, 0.3) is 5.91 Å². The molecule has 0 atom stereocenters. The van der Waals surface area contributed by atoms with Crippen LogP contribution >= 0.6 is 0 Å². The number of rotatable bonds is 6. The highest BCUT2D eigenvalue weighted by molar-refractivity contribution is 6.59. The minimum absolute atomic E-state index is 0.0603. The molecule has 0 unspecified atom stereocenters. The first-order valence-corrected chi connectivity index (χ1v) is 9.72. The molecule has 1 fully saturated rings. The number of nitrogens with zero attached hydrogens (tertiary/aromatic N) is 2. The van der Waals surface area contributed by atoms with Gasteiger partial charge in [0.15, 0.2) is 0 Å². The number of benzene rings is 2. The second-order valence-corrected chi connectivity index (χ2v) is 7.42. The molecule has 6 nitrogen and oxygen atoms in total. The van der Waals surface area contributed by atoms with Crippen molar-refractivity contribution in [1.82, 2.24) is 9.80 Å². The Bertz CT molecular complexity index is 807. The molecule has 1 heterocycles. The van der Waals surface area contributed by atoms with Crippen LogP contribution in [-0.4, -0.2) is 59.1 Å². The van der Waals surface area contributed by atoms with Crippen LogP contribution in [0.25, 0.3) is 0 Å². The highest BCUT2D eigenvalue weighted by Crippen LogP contribution is 2.19. The van der Waals surface area contributed by atoms with E-state index >= 15 is 0 Å². The average Bonchev–Trinajstić information content (AvgIpc) is 2.73. The Morgan fingerprint density at radius 1 is 1.18 bits per heavy atom. The summed E-state index contributed by atoms with van der Waals surface area (Å²) < 4.78 is 0. The van der Waals surface area contributed by atoms with Crippen LogP contribution in [0, 0.1) is 0 Å².